The molecule has 1 aliphatic rings. The van der Waals surface area contributed by atoms with Gasteiger partial charge in [-0.25, -0.2) is 8.42 Å². The van der Waals surface area contributed by atoms with Crippen LogP contribution in [0.4, 0.5) is 0 Å². The van der Waals surface area contributed by atoms with E-state index < -0.39 is 9.84 Å². The van der Waals surface area contributed by atoms with Crippen molar-refractivity contribution in [3.63, 3.8) is 0 Å². The zero-order chi connectivity index (χ0) is 13.2. The lowest BCUT2D eigenvalue weighted by Crippen LogP contribution is -2.22. The molecule has 1 saturated heterocycles. The highest BCUT2D eigenvalue weighted by molar-refractivity contribution is 7.91. The summed E-state index contributed by atoms with van der Waals surface area (Å²) in [4.78, 5) is 0. The van der Waals surface area contributed by atoms with Crippen molar-refractivity contribution in [3.05, 3.63) is 34.9 Å². The second-order valence-corrected chi connectivity index (χ2v) is 7.54. The topological polar surface area (TPSA) is 54.4 Å². The second kappa shape index (κ2) is 5.59. The number of rotatable bonds is 4. The standard InChI is InChI=1S/C13H17ClO3S/c14-13-4-2-1-3-10(13)7-12(8-15)11-5-6-18(16,17)9-11/h1-4,11-12,15H,5-9H2. The Hall–Kier alpha value is -0.580. The van der Waals surface area contributed by atoms with Crippen molar-refractivity contribution in [3.8, 4) is 0 Å². The summed E-state index contributed by atoms with van der Waals surface area (Å²) in [6.45, 7) is 0.00537. The van der Waals surface area contributed by atoms with Crippen molar-refractivity contribution < 1.29 is 13.5 Å². The summed E-state index contributed by atoms with van der Waals surface area (Å²) in [6, 6.07) is 7.51. The van der Waals surface area contributed by atoms with Crippen molar-refractivity contribution in [2.45, 2.75) is 12.8 Å². The van der Waals surface area contributed by atoms with Crippen LogP contribution in [0, 0.1) is 11.8 Å². The number of aliphatic hydroxyl groups excluding tert-OH is 1. The lowest BCUT2D eigenvalue weighted by atomic mass is 9.87. The molecule has 0 aliphatic carbocycles. The van der Waals surface area contributed by atoms with Gasteiger partial charge >= 0.3 is 0 Å². The van der Waals surface area contributed by atoms with Gasteiger partial charge in [-0.3, -0.25) is 0 Å². The van der Waals surface area contributed by atoms with Gasteiger partial charge in [-0.2, -0.15) is 0 Å². The van der Waals surface area contributed by atoms with E-state index in [4.69, 9.17) is 11.6 Å². The van der Waals surface area contributed by atoms with Gasteiger partial charge in [0.25, 0.3) is 0 Å². The minimum Gasteiger partial charge on any atom is -0.396 e. The number of hydrogen-bond donors (Lipinski definition) is 1. The summed E-state index contributed by atoms with van der Waals surface area (Å²) < 4.78 is 22.9. The molecule has 0 radical (unpaired) electrons. The van der Waals surface area contributed by atoms with E-state index in [0.717, 1.165) is 5.56 Å². The monoisotopic (exact) mass is 288 g/mol. The van der Waals surface area contributed by atoms with E-state index in [1.54, 1.807) is 0 Å². The van der Waals surface area contributed by atoms with E-state index in [-0.39, 0.29) is 29.9 Å². The largest absolute Gasteiger partial charge is 0.396 e. The number of aliphatic hydroxyl groups is 1. The SMILES string of the molecule is O=S1(=O)CCC(C(CO)Cc2ccccc2Cl)C1. The normalized spacial score (nSPS) is 24.0. The van der Waals surface area contributed by atoms with Crippen molar-refractivity contribution in [1.29, 1.82) is 0 Å². The molecule has 1 fully saturated rings. The summed E-state index contributed by atoms with van der Waals surface area (Å²) in [5.41, 5.74) is 0.975. The maximum absolute atomic E-state index is 11.5. The fourth-order valence-electron chi connectivity index (χ4n) is 2.52. The summed E-state index contributed by atoms with van der Waals surface area (Å²) in [5, 5.41) is 10.1. The third-order valence-corrected chi connectivity index (χ3v) is 5.77. The summed E-state index contributed by atoms with van der Waals surface area (Å²) >= 11 is 6.09. The summed E-state index contributed by atoms with van der Waals surface area (Å²) in [5.74, 6) is 0.470. The van der Waals surface area contributed by atoms with Gasteiger partial charge in [-0.1, -0.05) is 29.8 Å². The van der Waals surface area contributed by atoms with Crippen LogP contribution >= 0.6 is 11.6 Å². The molecule has 0 bridgehead atoms. The maximum atomic E-state index is 11.5. The molecule has 1 aliphatic heterocycles. The molecule has 0 amide bonds. The molecule has 100 valence electrons. The Kier molecular flexibility index (Phi) is 4.30. The first kappa shape index (κ1) is 13.8. The average Bonchev–Trinajstić information content (AvgIpc) is 2.68. The summed E-state index contributed by atoms with van der Waals surface area (Å²) in [6.07, 6.45) is 1.29. The fourth-order valence-corrected chi connectivity index (χ4v) is 4.65. The van der Waals surface area contributed by atoms with Crippen molar-refractivity contribution in [2.75, 3.05) is 18.1 Å². The van der Waals surface area contributed by atoms with Crippen LogP contribution in [-0.2, 0) is 16.3 Å². The minimum absolute atomic E-state index is 0.00537. The van der Waals surface area contributed by atoms with Gasteiger partial charge < -0.3 is 5.11 Å². The van der Waals surface area contributed by atoms with Crippen molar-refractivity contribution in [1.82, 2.24) is 0 Å². The van der Waals surface area contributed by atoms with E-state index >= 15 is 0 Å². The van der Waals surface area contributed by atoms with E-state index in [1.165, 1.54) is 0 Å². The van der Waals surface area contributed by atoms with Gasteiger partial charge in [0, 0.05) is 11.6 Å². The van der Waals surface area contributed by atoms with Crippen LogP contribution in [0.1, 0.15) is 12.0 Å². The molecule has 3 nitrogen and oxygen atoms in total. The molecule has 0 spiro atoms. The minimum atomic E-state index is -2.90. The van der Waals surface area contributed by atoms with E-state index in [0.29, 0.717) is 17.9 Å². The highest BCUT2D eigenvalue weighted by atomic mass is 35.5. The fraction of sp³-hybridized carbons (Fsp3) is 0.538. The second-order valence-electron chi connectivity index (χ2n) is 4.90. The van der Waals surface area contributed by atoms with Crippen LogP contribution in [0.15, 0.2) is 24.3 Å². The molecule has 2 atom stereocenters. The van der Waals surface area contributed by atoms with Crippen LogP contribution in [0.2, 0.25) is 5.02 Å². The number of halogens is 1. The average molecular weight is 289 g/mol. The molecule has 0 saturated carbocycles. The van der Waals surface area contributed by atoms with E-state index in [2.05, 4.69) is 0 Å². The zero-order valence-corrected chi connectivity index (χ0v) is 11.6. The molecular weight excluding hydrogens is 272 g/mol. The van der Waals surface area contributed by atoms with Crippen molar-refractivity contribution >= 4 is 21.4 Å². The first-order valence-corrected chi connectivity index (χ1v) is 8.26. The number of sulfone groups is 1. The third kappa shape index (κ3) is 3.25. The third-order valence-electron chi connectivity index (χ3n) is 3.61. The quantitative estimate of drug-likeness (QED) is 0.921. The smallest absolute Gasteiger partial charge is 0.150 e. The maximum Gasteiger partial charge on any atom is 0.150 e. The molecule has 1 aromatic carbocycles. The van der Waals surface area contributed by atoms with E-state index in [1.807, 2.05) is 24.3 Å². The number of hydrogen-bond acceptors (Lipinski definition) is 3. The Bertz CT molecular complexity index is 513. The lowest BCUT2D eigenvalue weighted by molar-refractivity contribution is 0.184. The molecule has 18 heavy (non-hydrogen) atoms. The highest BCUT2D eigenvalue weighted by Gasteiger charge is 2.33. The Morgan fingerprint density at radius 1 is 1.39 bits per heavy atom. The lowest BCUT2D eigenvalue weighted by Gasteiger charge is -2.20. The van der Waals surface area contributed by atoms with Crippen LogP contribution in [-0.4, -0.2) is 31.6 Å². The Morgan fingerprint density at radius 2 is 2.11 bits per heavy atom. The number of benzene rings is 1. The molecule has 1 N–H and O–H groups in total. The summed E-state index contributed by atoms with van der Waals surface area (Å²) in [7, 11) is -2.90. The molecule has 1 heterocycles. The molecule has 2 rings (SSSR count). The van der Waals surface area contributed by atoms with Crippen molar-refractivity contribution in [2.24, 2.45) is 11.8 Å². The van der Waals surface area contributed by atoms with Gasteiger partial charge in [0.05, 0.1) is 11.5 Å². The highest BCUT2D eigenvalue weighted by Crippen LogP contribution is 2.30. The van der Waals surface area contributed by atoms with Crippen LogP contribution in [0.5, 0.6) is 0 Å². The predicted octanol–water partition coefficient (Wildman–Crippen LogP) is 1.93. The zero-order valence-electron chi connectivity index (χ0n) is 10.0. The molecule has 1 aromatic rings. The Morgan fingerprint density at radius 3 is 2.67 bits per heavy atom. The molecule has 5 heteroatoms. The molecular formula is C13H17ClO3S. The predicted molar refractivity (Wildman–Crippen MR) is 72.5 cm³/mol. The van der Waals surface area contributed by atoms with Gasteiger partial charge in [0.2, 0.25) is 0 Å². The van der Waals surface area contributed by atoms with Gasteiger partial charge in [0.1, 0.15) is 0 Å². The Balaban J connectivity index is 2.09. The van der Waals surface area contributed by atoms with Crippen LogP contribution in [0.3, 0.4) is 0 Å². The van der Waals surface area contributed by atoms with Crippen LogP contribution < -0.4 is 0 Å². The van der Waals surface area contributed by atoms with Gasteiger partial charge in [-0.05, 0) is 36.3 Å². The van der Waals surface area contributed by atoms with E-state index in [9.17, 15) is 13.5 Å². The van der Waals surface area contributed by atoms with Gasteiger partial charge in [0.15, 0.2) is 9.84 Å². The van der Waals surface area contributed by atoms with Crippen LogP contribution in [0.25, 0.3) is 0 Å². The Labute approximate surface area is 113 Å². The first-order chi connectivity index (χ1) is 8.52. The molecule has 0 aromatic heterocycles. The van der Waals surface area contributed by atoms with Gasteiger partial charge in [-0.15, -0.1) is 0 Å². The molecule has 2 unspecified atom stereocenters. The first-order valence-electron chi connectivity index (χ1n) is 6.06.